The van der Waals surface area contributed by atoms with Gasteiger partial charge in [0.15, 0.2) is 0 Å². The van der Waals surface area contributed by atoms with Crippen LogP contribution < -0.4 is 0 Å². The second-order valence-electron chi connectivity index (χ2n) is 5.04. The Morgan fingerprint density at radius 2 is 2.07 bits per heavy atom. The Morgan fingerprint density at radius 3 is 2.47 bits per heavy atom. The summed E-state index contributed by atoms with van der Waals surface area (Å²) in [4.78, 5) is 24.1. The number of hydrogen-bond donors (Lipinski definition) is 1. The number of likely N-dealkylation sites (tertiary alicyclic amines) is 1. The molecule has 4 nitrogen and oxygen atoms in total. The summed E-state index contributed by atoms with van der Waals surface area (Å²) in [6, 6.07) is 0. The minimum atomic E-state index is -0.678. The molecule has 0 aromatic heterocycles. The SMILES string of the molecule is CN1CC2(CCC(C(=O)O)CC2)CC1=O. The number of aliphatic carboxylic acids is 1. The number of carbonyl (C=O) groups is 2. The topological polar surface area (TPSA) is 57.6 Å². The highest BCUT2D eigenvalue weighted by molar-refractivity contribution is 5.79. The quantitative estimate of drug-likeness (QED) is 0.706. The van der Waals surface area contributed by atoms with Crippen molar-refractivity contribution < 1.29 is 14.7 Å². The van der Waals surface area contributed by atoms with Crippen LogP contribution in [0, 0.1) is 11.3 Å². The number of nitrogens with zero attached hydrogens (tertiary/aromatic N) is 1. The molecular formula is C11H17NO3. The molecule has 1 N–H and O–H groups in total. The van der Waals surface area contributed by atoms with Gasteiger partial charge >= 0.3 is 5.97 Å². The summed E-state index contributed by atoms with van der Waals surface area (Å²) in [6.45, 7) is 0.818. The molecule has 1 saturated carbocycles. The zero-order chi connectivity index (χ0) is 11.1. The Labute approximate surface area is 89.3 Å². The van der Waals surface area contributed by atoms with E-state index in [2.05, 4.69) is 0 Å². The van der Waals surface area contributed by atoms with Crippen LogP contribution in [0.3, 0.4) is 0 Å². The molecule has 0 aromatic rings. The molecule has 0 unspecified atom stereocenters. The standard InChI is InChI=1S/C11H17NO3/c1-12-7-11(6-9(12)13)4-2-8(3-5-11)10(14)15/h8H,2-7H2,1H3,(H,14,15). The van der Waals surface area contributed by atoms with Gasteiger partial charge in [0.05, 0.1) is 5.92 Å². The average Bonchev–Trinajstić information content (AvgIpc) is 2.43. The first kappa shape index (κ1) is 10.5. The van der Waals surface area contributed by atoms with Gasteiger partial charge in [0.2, 0.25) is 5.91 Å². The Hall–Kier alpha value is -1.06. The van der Waals surface area contributed by atoms with Gasteiger partial charge in [-0.15, -0.1) is 0 Å². The zero-order valence-electron chi connectivity index (χ0n) is 9.03. The third-order valence-corrected chi connectivity index (χ3v) is 3.92. The Morgan fingerprint density at radius 1 is 1.47 bits per heavy atom. The van der Waals surface area contributed by atoms with Crippen molar-refractivity contribution in [2.45, 2.75) is 32.1 Å². The second-order valence-corrected chi connectivity index (χ2v) is 5.04. The Bertz CT molecular complexity index is 292. The van der Waals surface area contributed by atoms with E-state index in [1.165, 1.54) is 0 Å². The van der Waals surface area contributed by atoms with E-state index in [1.807, 2.05) is 7.05 Å². The molecule has 84 valence electrons. The van der Waals surface area contributed by atoms with Gasteiger partial charge in [-0.05, 0) is 31.1 Å². The first-order valence-corrected chi connectivity index (χ1v) is 5.49. The van der Waals surface area contributed by atoms with E-state index in [9.17, 15) is 9.59 Å². The van der Waals surface area contributed by atoms with Gasteiger partial charge in [0, 0.05) is 20.0 Å². The average molecular weight is 211 g/mol. The number of carboxylic acids is 1. The van der Waals surface area contributed by atoms with E-state index in [0.717, 1.165) is 32.2 Å². The summed E-state index contributed by atoms with van der Waals surface area (Å²) >= 11 is 0. The van der Waals surface area contributed by atoms with Gasteiger partial charge in [-0.2, -0.15) is 0 Å². The van der Waals surface area contributed by atoms with E-state index in [0.29, 0.717) is 6.42 Å². The van der Waals surface area contributed by atoms with Crippen molar-refractivity contribution in [2.75, 3.05) is 13.6 Å². The molecule has 4 heteroatoms. The molecule has 1 saturated heterocycles. The fraction of sp³-hybridized carbons (Fsp3) is 0.818. The van der Waals surface area contributed by atoms with Crippen molar-refractivity contribution >= 4 is 11.9 Å². The lowest BCUT2D eigenvalue weighted by molar-refractivity contribution is -0.143. The van der Waals surface area contributed by atoms with Crippen molar-refractivity contribution in [1.82, 2.24) is 4.90 Å². The predicted octanol–water partition coefficient (Wildman–Crippen LogP) is 1.11. The minimum absolute atomic E-state index is 0.0950. The number of hydrogen-bond acceptors (Lipinski definition) is 2. The summed E-state index contributed by atoms with van der Waals surface area (Å²) in [5, 5.41) is 8.90. The van der Waals surface area contributed by atoms with Gasteiger partial charge in [0.25, 0.3) is 0 Å². The van der Waals surface area contributed by atoms with Crippen LogP contribution in [0.1, 0.15) is 32.1 Å². The third-order valence-electron chi connectivity index (χ3n) is 3.92. The van der Waals surface area contributed by atoms with Gasteiger partial charge in [0.1, 0.15) is 0 Å². The highest BCUT2D eigenvalue weighted by atomic mass is 16.4. The molecular weight excluding hydrogens is 194 g/mol. The molecule has 0 radical (unpaired) electrons. The van der Waals surface area contributed by atoms with Gasteiger partial charge < -0.3 is 10.0 Å². The monoisotopic (exact) mass is 211 g/mol. The predicted molar refractivity (Wildman–Crippen MR) is 54.3 cm³/mol. The summed E-state index contributed by atoms with van der Waals surface area (Å²) in [7, 11) is 1.83. The molecule has 1 heterocycles. The Kier molecular flexibility index (Phi) is 2.44. The van der Waals surface area contributed by atoms with E-state index in [1.54, 1.807) is 4.90 Å². The molecule has 15 heavy (non-hydrogen) atoms. The largest absolute Gasteiger partial charge is 0.481 e. The lowest BCUT2D eigenvalue weighted by Crippen LogP contribution is -2.32. The molecule has 1 aliphatic heterocycles. The van der Waals surface area contributed by atoms with Crippen LogP contribution >= 0.6 is 0 Å². The number of amides is 1. The number of carbonyl (C=O) groups excluding carboxylic acids is 1. The van der Waals surface area contributed by atoms with E-state index in [-0.39, 0.29) is 17.2 Å². The maximum Gasteiger partial charge on any atom is 0.306 e. The molecule has 2 fully saturated rings. The molecule has 0 atom stereocenters. The lowest BCUT2D eigenvalue weighted by atomic mass is 9.70. The van der Waals surface area contributed by atoms with Gasteiger partial charge in [-0.25, -0.2) is 0 Å². The minimum Gasteiger partial charge on any atom is -0.481 e. The Balaban J connectivity index is 1.99. The molecule has 1 spiro atoms. The molecule has 0 aromatic carbocycles. The van der Waals surface area contributed by atoms with Crippen molar-refractivity contribution in [3.63, 3.8) is 0 Å². The fourth-order valence-electron chi connectivity index (χ4n) is 2.91. The van der Waals surface area contributed by atoms with Crippen molar-refractivity contribution in [1.29, 1.82) is 0 Å². The van der Waals surface area contributed by atoms with E-state index < -0.39 is 5.97 Å². The van der Waals surface area contributed by atoms with Gasteiger partial charge in [-0.3, -0.25) is 9.59 Å². The maximum atomic E-state index is 11.5. The summed E-state index contributed by atoms with van der Waals surface area (Å²) in [5.74, 6) is -0.650. The van der Waals surface area contributed by atoms with Crippen LogP contribution in [-0.4, -0.2) is 35.5 Å². The molecule has 0 bridgehead atoms. The normalized spacial score (nSPS) is 36.2. The maximum absolute atomic E-state index is 11.5. The van der Waals surface area contributed by atoms with Crippen LogP contribution in [0.5, 0.6) is 0 Å². The lowest BCUT2D eigenvalue weighted by Gasteiger charge is -2.34. The zero-order valence-corrected chi connectivity index (χ0v) is 9.03. The van der Waals surface area contributed by atoms with Crippen molar-refractivity contribution in [2.24, 2.45) is 11.3 Å². The number of rotatable bonds is 1. The van der Waals surface area contributed by atoms with E-state index >= 15 is 0 Å². The van der Waals surface area contributed by atoms with Crippen molar-refractivity contribution in [3.05, 3.63) is 0 Å². The van der Waals surface area contributed by atoms with Crippen LogP contribution in [0.2, 0.25) is 0 Å². The molecule has 2 aliphatic rings. The summed E-state index contributed by atoms with van der Waals surface area (Å²) in [6.07, 6.45) is 3.86. The fourth-order valence-corrected chi connectivity index (χ4v) is 2.91. The van der Waals surface area contributed by atoms with Crippen molar-refractivity contribution in [3.8, 4) is 0 Å². The highest BCUT2D eigenvalue weighted by Crippen LogP contribution is 2.45. The molecule has 1 aliphatic carbocycles. The molecule has 1 amide bonds. The van der Waals surface area contributed by atoms with Crippen LogP contribution in [-0.2, 0) is 9.59 Å². The first-order chi connectivity index (χ1) is 7.02. The number of carboxylic acid groups (broad SMARTS) is 1. The summed E-state index contributed by atoms with van der Waals surface area (Å²) in [5.41, 5.74) is 0.0950. The summed E-state index contributed by atoms with van der Waals surface area (Å²) < 4.78 is 0. The van der Waals surface area contributed by atoms with Gasteiger partial charge in [-0.1, -0.05) is 0 Å². The highest BCUT2D eigenvalue weighted by Gasteiger charge is 2.44. The second kappa shape index (κ2) is 3.51. The third kappa shape index (κ3) is 1.85. The van der Waals surface area contributed by atoms with Crippen LogP contribution in [0.4, 0.5) is 0 Å². The van der Waals surface area contributed by atoms with E-state index in [4.69, 9.17) is 5.11 Å². The smallest absolute Gasteiger partial charge is 0.306 e. The van der Waals surface area contributed by atoms with Crippen LogP contribution in [0.25, 0.3) is 0 Å². The molecule has 2 rings (SSSR count). The van der Waals surface area contributed by atoms with Crippen LogP contribution in [0.15, 0.2) is 0 Å². The first-order valence-electron chi connectivity index (χ1n) is 5.49.